The van der Waals surface area contributed by atoms with E-state index in [4.69, 9.17) is 19.1 Å². The Hall–Kier alpha value is -9.78. The molecule has 0 radical (unpaired) electrons. The van der Waals surface area contributed by atoms with E-state index < -0.39 is 6.85 Å². The maximum Gasteiger partial charge on any atom is 0.213 e. The van der Waals surface area contributed by atoms with Crippen molar-refractivity contribution in [2.24, 2.45) is 21.1 Å². The number of aryl methyl sites for hydroxylation is 9. The lowest BCUT2D eigenvalue weighted by atomic mass is 9.75. The number of hydrogen-bond donors (Lipinski definition) is 0. The van der Waals surface area contributed by atoms with Crippen LogP contribution in [0.25, 0.3) is 101 Å². The third-order valence-electron chi connectivity index (χ3n) is 23.0. The molecule has 3 saturated carbocycles. The highest BCUT2D eigenvalue weighted by atomic mass is 14.9. The van der Waals surface area contributed by atoms with E-state index in [2.05, 4.69) is 246 Å². The first-order valence-corrected chi connectivity index (χ1v) is 35.0. The van der Waals surface area contributed by atoms with Crippen LogP contribution < -0.4 is 13.7 Å². The number of rotatable bonds is 6. The second-order valence-corrected chi connectivity index (χ2v) is 28.6. The van der Waals surface area contributed by atoms with Gasteiger partial charge in [-0.05, 0) is 182 Å². The molecular formula is C90H87N6+3. The van der Waals surface area contributed by atoms with Gasteiger partial charge in [0.05, 0.1) is 33.8 Å². The van der Waals surface area contributed by atoms with Gasteiger partial charge in [-0.15, -0.1) is 0 Å². The van der Waals surface area contributed by atoms with Crippen LogP contribution in [-0.4, -0.2) is 15.0 Å². The fourth-order valence-electron chi connectivity index (χ4n) is 18.6. The van der Waals surface area contributed by atoms with Crippen molar-refractivity contribution in [2.75, 3.05) is 0 Å². The zero-order chi connectivity index (χ0) is 68.1. The van der Waals surface area contributed by atoms with E-state index in [1.807, 2.05) is 30.7 Å². The maximum absolute atomic E-state index is 7.63. The molecule has 0 amide bonds. The molecule has 96 heavy (non-hydrogen) atoms. The van der Waals surface area contributed by atoms with Crippen molar-refractivity contribution in [2.45, 2.75) is 135 Å². The summed E-state index contributed by atoms with van der Waals surface area (Å²) in [6.45, 7) is 9.17. The van der Waals surface area contributed by atoms with Gasteiger partial charge in [-0.2, -0.15) is 0 Å². The Bertz CT molecular complexity index is 4960. The van der Waals surface area contributed by atoms with Crippen LogP contribution in [-0.2, 0) is 37.4 Å². The van der Waals surface area contributed by atoms with E-state index in [9.17, 15) is 0 Å². The lowest BCUT2D eigenvalue weighted by molar-refractivity contribution is -0.660. The lowest BCUT2D eigenvalue weighted by Crippen LogP contribution is -2.33. The molecule has 0 unspecified atom stereocenters. The molecule has 12 aromatic rings. The second-order valence-electron chi connectivity index (χ2n) is 28.6. The van der Waals surface area contributed by atoms with Gasteiger partial charge in [-0.25, -0.2) is 13.7 Å². The molecule has 6 aliphatic carbocycles. The molecule has 6 nitrogen and oxygen atoms in total. The molecule has 18 rings (SSSR count). The first-order chi connectivity index (χ1) is 48.0. The normalized spacial score (nSPS) is 16.3. The van der Waals surface area contributed by atoms with Crippen LogP contribution in [0.5, 0.6) is 0 Å². The van der Waals surface area contributed by atoms with E-state index in [1.54, 1.807) is 12.1 Å². The first kappa shape index (κ1) is 57.6. The maximum atomic E-state index is 7.63. The summed E-state index contributed by atoms with van der Waals surface area (Å²) in [6, 6.07) is 64.6. The fraction of sp³-hybridized carbons (Fsp3) is 0.267. The SMILES string of the molecule is Cc1cc(-c2c(C)ccc3c2C2(CCCC2)c2ncccc2-3)[n+](C)cc1-c1ccccc1.Cc1cc(-c2c(C)ccc3c2C2(CCCC2)c2ncccc2-3)[n+](C)cc1-c1ccccc1.[2H]C([2H])([2H])c1ccc(-c2ccc(-c3c(C)ccc4c3C3(CCCC3)c3ncccc3-4)[n+](C)c2)cc1. The van der Waals surface area contributed by atoms with Crippen LogP contribution in [0.2, 0.25) is 0 Å². The van der Waals surface area contributed by atoms with Crippen LogP contribution in [0.1, 0.15) is 148 Å². The molecule has 6 aromatic carbocycles. The standard InChI is InChI=1S/3C30H29N2/c1-20-8-11-22(12-9-20)23-13-15-26(32(3)19-23)27-21(2)10-14-24-25-7-6-18-31-29(25)30(28(24)27)16-4-5-17-30;2*1-20-13-14-23-24-12-9-17-31-29(24)30(15-7-8-16-30)28(23)27(20)26-18-21(2)25(19-32(26)3)22-10-5-4-6-11-22/h6-15,18-19H,4-5,16-17H2,1-3H3;2*4-6,9-14,17-19H,7-8,15-16H2,1-3H3/q3*+1/i1D3;;. The van der Waals surface area contributed by atoms with Gasteiger partial charge < -0.3 is 0 Å². The zero-order valence-electron chi connectivity index (χ0n) is 60.0. The molecule has 6 heteroatoms. The van der Waals surface area contributed by atoms with Crippen molar-refractivity contribution in [1.29, 1.82) is 0 Å². The second kappa shape index (κ2) is 24.1. The van der Waals surface area contributed by atoms with Crippen molar-refractivity contribution >= 4 is 0 Å². The quantitative estimate of drug-likeness (QED) is 0.156. The van der Waals surface area contributed by atoms with E-state index in [0.29, 0.717) is 5.56 Å². The van der Waals surface area contributed by atoms with Crippen LogP contribution >= 0.6 is 0 Å². The van der Waals surface area contributed by atoms with Gasteiger partial charge in [-0.3, -0.25) is 15.0 Å². The average molecular weight is 1260 g/mol. The van der Waals surface area contributed by atoms with Crippen LogP contribution in [0.4, 0.5) is 0 Å². The predicted molar refractivity (Wildman–Crippen MR) is 391 cm³/mol. The first-order valence-electron chi connectivity index (χ1n) is 36.5. The van der Waals surface area contributed by atoms with E-state index in [-0.39, 0.29) is 16.2 Å². The number of fused-ring (bicyclic) bond motifs is 15. The molecule has 474 valence electrons. The van der Waals surface area contributed by atoms with Gasteiger partial charge in [0.1, 0.15) is 21.1 Å². The molecule has 3 fully saturated rings. The summed E-state index contributed by atoms with van der Waals surface area (Å²) in [4.78, 5) is 14.8. The third-order valence-corrected chi connectivity index (χ3v) is 23.0. The summed E-state index contributed by atoms with van der Waals surface area (Å²) in [5.41, 5.74) is 38.7. The summed E-state index contributed by atoms with van der Waals surface area (Å²) in [5, 5.41) is 0. The van der Waals surface area contributed by atoms with Gasteiger partial charge in [-0.1, -0.05) is 184 Å². The van der Waals surface area contributed by atoms with E-state index >= 15 is 0 Å². The summed E-state index contributed by atoms with van der Waals surface area (Å²) >= 11 is 0. The van der Waals surface area contributed by atoms with Gasteiger partial charge in [0.2, 0.25) is 17.1 Å². The van der Waals surface area contributed by atoms with Crippen LogP contribution in [0.3, 0.4) is 0 Å². The minimum Gasteiger partial charge on any atom is -0.260 e. The molecular weight excluding hydrogens is 1170 g/mol. The molecule has 3 spiro atoms. The van der Waals surface area contributed by atoms with Crippen LogP contribution in [0, 0.1) is 41.5 Å². The summed E-state index contributed by atoms with van der Waals surface area (Å²) in [7, 11) is 6.50. The van der Waals surface area contributed by atoms with Crippen molar-refractivity contribution in [3.8, 4) is 101 Å². The highest BCUT2D eigenvalue weighted by Gasteiger charge is 2.52. The number of aromatic nitrogens is 6. The largest absolute Gasteiger partial charge is 0.260 e. The molecule has 6 aliphatic rings. The highest BCUT2D eigenvalue weighted by molar-refractivity contribution is 5.91. The zero-order valence-corrected chi connectivity index (χ0v) is 57.0. The Morgan fingerprint density at radius 2 is 0.667 bits per heavy atom. The Kier molecular flexibility index (Phi) is 14.5. The number of hydrogen-bond acceptors (Lipinski definition) is 3. The number of pyridine rings is 6. The number of nitrogens with zero attached hydrogens (tertiary/aromatic N) is 6. The Labute approximate surface area is 572 Å². The van der Waals surface area contributed by atoms with Crippen molar-refractivity contribution < 1.29 is 17.8 Å². The summed E-state index contributed by atoms with van der Waals surface area (Å²) in [6.07, 6.45) is 27.4. The molecule has 0 saturated heterocycles. The third kappa shape index (κ3) is 9.78. The summed E-state index contributed by atoms with van der Waals surface area (Å²) < 4.78 is 29.8. The fourth-order valence-corrected chi connectivity index (χ4v) is 18.6. The molecule has 0 N–H and O–H groups in total. The van der Waals surface area contributed by atoms with Gasteiger partial charge in [0.25, 0.3) is 0 Å². The number of benzene rings is 6. The molecule has 6 aromatic heterocycles. The highest BCUT2D eigenvalue weighted by Crippen LogP contribution is 2.62. The Morgan fingerprint density at radius 3 is 1.03 bits per heavy atom. The smallest absolute Gasteiger partial charge is 0.213 e. The topological polar surface area (TPSA) is 50.3 Å². The van der Waals surface area contributed by atoms with Crippen molar-refractivity contribution in [3.05, 3.63) is 286 Å². The molecule has 0 atom stereocenters. The molecule has 0 bridgehead atoms. The minimum atomic E-state index is -2.08. The van der Waals surface area contributed by atoms with Gasteiger partial charge in [0, 0.05) is 90.5 Å². The summed E-state index contributed by atoms with van der Waals surface area (Å²) in [5.74, 6) is 0. The van der Waals surface area contributed by atoms with Crippen molar-refractivity contribution in [3.63, 3.8) is 0 Å². The lowest BCUT2D eigenvalue weighted by Gasteiger charge is -2.28. The molecule has 0 aliphatic heterocycles. The monoisotopic (exact) mass is 1250 g/mol. The Morgan fingerprint density at radius 1 is 0.312 bits per heavy atom. The Balaban J connectivity index is 0.000000116. The van der Waals surface area contributed by atoms with Gasteiger partial charge in [0.15, 0.2) is 18.6 Å². The van der Waals surface area contributed by atoms with Gasteiger partial charge >= 0.3 is 0 Å². The van der Waals surface area contributed by atoms with E-state index in [1.165, 1.54) is 215 Å². The van der Waals surface area contributed by atoms with Crippen LogP contribution in [0.15, 0.2) is 219 Å². The molecule has 6 heterocycles. The predicted octanol–water partition coefficient (Wildman–Crippen LogP) is 20.1. The van der Waals surface area contributed by atoms with Crippen molar-refractivity contribution in [1.82, 2.24) is 15.0 Å². The average Bonchev–Trinajstić information content (AvgIpc) is 1.58. The minimum absolute atomic E-state index is 0.00403. The van der Waals surface area contributed by atoms with E-state index in [0.717, 1.165) is 24.0 Å².